The summed E-state index contributed by atoms with van der Waals surface area (Å²) in [6, 6.07) is 2.90. The molecule has 1 rings (SSSR count). The zero-order chi connectivity index (χ0) is 11.6. The normalized spacial score (nSPS) is 11.5. The lowest BCUT2D eigenvalue weighted by Gasteiger charge is -2.10. The summed E-state index contributed by atoms with van der Waals surface area (Å²) in [5.41, 5.74) is 0. The molecule has 1 aromatic carbocycles. The third kappa shape index (κ3) is 3.07. The van der Waals surface area contributed by atoms with Gasteiger partial charge in [-0.15, -0.1) is 0 Å². The van der Waals surface area contributed by atoms with Crippen LogP contribution >= 0.6 is 27.5 Å². The zero-order valence-corrected chi connectivity index (χ0v) is 11.0. The summed E-state index contributed by atoms with van der Waals surface area (Å²) in [7, 11) is -3.84. The minimum atomic E-state index is -3.84. The van der Waals surface area contributed by atoms with Gasteiger partial charge >= 0.3 is 0 Å². The van der Waals surface area contributed by atoms with E-state index in [-0.39, 0.29) is 15.7 Å². The molecule has 0 saturated carbocycles. The maximum atomic E-state index is 11.3. The molecule has 0 aromatic heterocycles. The summed E-state index contributed by atoms with van der Waals surface area (Å²) in [6.45, 7) is 2.04. The smallest absolute Gasteiger partial charge is 0.241 e. The van der Waals surface area contributed by atoms with Gasteiger partial charge in [0.05, 0.1) is 11.6 Å². The van der Waals surface area contributed by atoms with Crippen LogP contribution in [0.2, 0.25) is 5.02 Å². The fraction of sp³-hybridized carbons (Fsp3) is 0.250. The van der Waals surface area contributed by atoms with Crippen LogP contribution < -0.4 is 9.88 Å². The molecule has 2 N–H and O–H groups in total. The highest BCUT2D eigenvalue weighted by Gasteiger charge is 2.19. The summed E-state index contributed by atoms with van der Waals surface area (Å²) in [4.78, 5) is -0.122. The van der Waals surface area contributed by atoms with Crippen LogP contribution in [0, 0.1) is 0 Å². The maximum absolute atomic E-state index is 11.3. The second-order valence-corrected chi connectivity index (χ2v) is 5.55. The van der Waals surface area contributed by atoms with Gasteiger partial charge in [-0.2, -0.15) is 0 Å². The van der Waals surface area contributed by atoms with Gasteiger partial charge in [-0.1, -0.05) is 27.5 Å². The van der Waals surface area contributed by atoms with Crippen molar-refractivity contribution in [1.82, 2.24) is 0 Å². The standard InChI is InChI=1S/C8H9BrClNO3S/c1-2-14-8-6(10)3-5(9)4-7(8)15(11,12)13/h3-4H,2H2,1H3,(H2,11,12,13). The van der Waals surface area contributed by atoms with E-state index >= 15 is 0 Å². The molecule has 0 heterocycles. The molecular weight excluding hydrogens is 306 g/mol. The Kier molecular flexibility index (Phi) is 3.99. The maximum Gasteiger partial charge on any atom is 0.241 e. The number of halogens is 2. The van der Waals surface area contributed by atoms with Gasteiger partial charge in [0.1, 0.15) is 4.90 Å². The Labute approximate surface area is 102 Å². The molecule has 84 valence electrons. The molecule has 0 amide bonds. The molecule has 0 spiro atoms. The van der Waals surface area contributed by atoms with E-state index in [1.165, 1.54) is 6.07 Å². The lowest BCUT2D eigenvalue weighted by Crippen LogP contribution is -2.14. The first-order valence-electron chi connectivity index (χ1n) is 4.01. The highest BCUT2D eigenvalue weighted by atomic mass is 79.9. The molecule has 0 unspecified atom stereocenters. The van der Waals surface area contributed by atoms with E-state index in [9.17, 15) is 8.42 Å². The fourth-order valence-electron chi connectivity index (χ4n) is 1.03. The molecule has 4 nitrogen and oxygen atoms in total. The zero-order valence-electron chi connectivity index (χ0n) is 7.83. The van der Waals surface area contributed by atoms with Crippen molar-refractivity contribution in [3.8, 4) is 5.75 Å². The molecule has 0 bridgehead atoms. The summed E-state index contributed by atoms with van der Waals surface area (Å²) in [5.74, 6) is 0.0878. The molecule has 0 aliphatic rings. The van der Waals surface area contributed by atoms with Gasteiger partial charge < -0.3 is 4.74 Å². The Hall–Kier alpha value is -0.300. The third-order valence-electron chi connectivity index (χ3n) is 1.57. The van der Waals surface area contributed by atoms with Crippen molar-refractivity contribution >= 4 is 37.6 Å². The lowest BCUT2D eigenvalue weighted by molar-refractivity contribution is 0.331. The van der Waals surface area contributed by atoms with E-state index in [1.807, 2.05) is 0 Å². The Morgan fingerprint density at radius 2 is 2.13 bits per heavy atom. The van der Waals surface area contributed by atoms with E-state index in [4.69, 9.17) is 21.5 Å². The number of sulfonamides is 1. The van der Waals surface area contributed by atoms with E-state index in [1.54, 1.807) is 13.0 Å². The van der Waals surface area contributed by atoms with Gasteiger partial charge in [0.15, 0.2) is 5.75 Å². The largest absolute Gasteiger partial charge is 0.491 e. The third-order valence-corrected chi connectivity index (χ3v) is 3.22. The Morgan fingerprint density at radius 3 is 2.60 bits per heavy atom. The minimum Gasteiger partial charge on any atom is -0.491 e. The molecule has 15 heavy (non-hydrogen) atoms. The van der Waals surface area contributed by atoms with Crippen LogP contribution in [-0.4, -0.2) is 15.0 Å². The van der Waals surface area contributed by atoms with Crippen molar-refractivity contribution in [3.05, 3.63) is 21.6 Å². The number of ether oxygens (including phenoxy) is 1. The van der Waals surface area contributed by atoms with E-state index in [0.717, 1.165) is 0 Å². The highest BCUT2D eigenvalue weighted by Crippen LogP contribution is 2.34. The number of hydrogen-bond donors (Lipinski definition) is 1. The molecule has 0 saturated heterocycles. The summed E-state index contributed by atoms with van der Waals surface area (Å²) in [5, 5.41) is 5.24. The molecule has 1 aromatic rings. The molecule has 7 heteroatoms. The number of benzene rings is 1. The summed E-state index contributed by atoms with van der Waals surface area (Å²) in [6.07, 6.45) is 0. The predicted molar refractivity (Wildman–Crippen MR) is 61.7 cm³/mol. The average molecular weight is 315 g/mol. The van der Waals surface area contributed by atoms with Crippen LogP contribution in [-0.2, 0) is 10.0 Å². The van der Waals surface area contributed by atoms with Crippen molar-refractivity contribution in [1.29, 1.82) is 0 Å². The van der Waals surface area contributed by atoms with Gasteiger partial charge in [-0.25, -0.2) is 13.6 Å². The Bertz CT molecular complexity index is 475. The molecule has 0 atom stereocenters. The fourth-order valence-corrected chi connectivity index (χ4v) is 2.82. The minimum absolute atomic E-state index is 0.0878. The van der Waals surface area contributed by atoms with Crippen molar-refractivity contribution in [2.45, 2.75) is 11.8 Å². The quantitative estimate of drug-likeness (QED) is 0.929. The number of primary sulfonamides is 1. The van der Waals surface area contributed by atoms with Crippen LogP contribution in [0.15, 0.2) is 21.5 Å². The van der Waals surface area contributed by atoms with Crippen molar-refractivity contribution in [2.75, 3.05) is 6.61 Å². The number of hydrogen-bond acceptors (Lipinski definition) is 3. The van der Waals surface area contributed by atoms with E-state index in [2.05, 4.69) is 15.9 Å². The molecule has 0 aliphatic carbocycles. The van der Waals surface area contributed by atoms with Gasteiger partial charge in [-0.05, 0) is 19.1 Å². The molecule has 0 aliphatic heterocycles. The first-order valence-corrected chi connectivity index (χ1v) is 6.72. The van der Waals surface area contributed by atoms with Gasteiger partial charge in [-0.3, -0.25) is 0 Å². The second-order valence-electron chi connectivity index (χ2n) is 2.69. The molecular formula is C8H9BrClNO3S. The van der Waals surface area contributed by atoms with Crippen LogP contribution in [0.3, 0.4) is 0 Å². The van der Waals surface area contributed by atoms with Gasteiger partial charge in [0, 0.05) is 4.47 Å². The molecule has 0 radical (unpaired) electrons. The SMILES string of the molecule is CCOc1c(Cl)cc(Br)cc1S(N)(=O)=O. The number of rotatable bonds is 3. The first kappa shape index (κ1) is 12.8. The number of nitrogens with two attached hydrogens (primary N) is 1. The Balaban J connectivity index is 3.47. The van der Waals surface area contributed by atoms with Crippen molar-refractivity contribution in [3.63, 3.8) is 0 Å². The van der Waals surface area contributed by atoms with E-state index in [0.29, 0.717) is 11.1 Å². The lowest BCUT2D eigenvalue weighted by atomic mass is 10.3. The van der Waals surface area contributed by atoms with Crippen molar-refractivity contribution < 1.29 is 13.2 Å². The molecule has 0 fully saturated rings. The topological polar surface area (TPSA) is 69.4 Å². The monoisotopic (exact) mass is 313 g/mol. The summed E-state index contributed by atoms with van der Waals surface area (Å²) >= 11 is 8.98. The van der Waals surface area contributed by atoms with Crippen LogP contribution in [0.25, 0.3) is 0 Å². The van der Waals surface area contributed by atoms with Crippen LogP contribution in [0.4, 0.5) is 0 Å². The first-order chi connectivity index (χ1) is 6.86. The summed E-state index contributed by atoms with van der Waals surface area (Å²) < 4.78 is 28.2. The Morgan fingerprint density at radius 1 is 1.53 bits per heavy atom. The van der Waals surface area contributed by atoms with Gasteiger partial charge in [0.2, 0.25) is 10.0 Å². The van der Waals surface area contributed by atoms with Crippen LogP contribution in [0.1, 0.15) is 6.92 Å². The predicted octanol–water partition coefficient (Wildman–Crippen LogP) is 2.15. The van der Waals surface area contributed by atoms with Crippen molar-refractivity contribution in [2.24, 2.45) is 5.14 Å². The second kappa shape index (κ2) is 4.69. The van der Waals surface area contributed by atoms with E-state index < -0.39 is 10.0 Å². The highest BCUT2D eigenvalue weighted by molar-refractivity contribution is 9.10. The van der Waals surface area contributed by atoms with Crippen LogP contribution in [0.5, 0.6) is 5.75 Å². The van der Waals surface area contributed by atoms with Gasteiger partial charge in [0.25, 0.3) is 0 Å². The average Bonchev–Trinajstić information content (AvgIpc) is 2.07.